The van der Waals surface area contributed by atoms with Gasteiger partial charge in [-0.3, -0.25) is 0 Å². The van der Waals surface area contributed by atoms with E-state index < -0.39 is 5.82 Å². The first-order valence-corrected chi connectivity index (χ1v) is 8.08. The molecule has 0 aliphatic carbocycles. The van der Waals surface area contributed by atoms with Gasteiger partial charge >= 0.3 is 0 Å². The van der Waals surface area contributed by atoms with E-state index in [4.69, 9.17) is 11.0 Å². The lowest BCUT2D eigenvalue weighted by atomic mass is 9.88. The fraction of sp³-hybridized carbons (Fsp3) is 0.250. The molecule has 1 aliphatic rings. The number of halogens is 1. The van der Waals surface area contributed by atoms with Crippen molar-refractivity contribution in [3.8, 4) is 6.07 Å². The van der Waals surface area contributed by atoms with Crippen LogP contribution in [0, 0.1) is 17.1 Å². The second-order valence-corrected chi connectivity index (χ2v) is 6.18. The molecular formula is C20H20FN3. The van der Waals surface area contributed by atoms with Gasteiger partial charge in [0, 0.05) is 18.8 Å². The number of hydrogen-bond acceptors (Lipinski definition) is 3. The molecule has 122 valence electrons. The largest absolute Gasteiger partial charge is 0.396 e. The van der Waals surface area contributed by atoms with Gasteiger partial charge in [0.2, 0.25) is 0 Å². The van der Waals surface area contributed by atoms with Gasteiger partial charge in [0.25, 0.3) is 0 Å². The summed E-state index contributed by atoms with van der Waals surface area (Å²) < 4.78 is 13.3. The van der Waals surface area contributed by atoms with Gasteiger partial charge in [-0.05, 0) is 60.2 Å². The van der Waals surface area contributed by atoms with Gasteiger partial charge in [-0.15, -0.1) is 0 Å². The average molecular weight is 321 g/mol. The highest BCUT2D eigenvalue weighted by atomic mass is 19.1. The summed E-state index contributed by atoms with van der Waals surface area (Å²) in [7, 11) is 0. The molecule has 0 atom stereocenters. The van der Waals surface area contributed by atoms with Crippen LogP contribution in [0.4, 0.5) is 10.1 Å². The van der Waals surface area contributed by atoms with E-state index >= 15 is 0 Å². The fourth-order valence-corrected chi connectivity index (χ4v) is 3.22. The van der Waals surface area contributed by atoms with E-state index in [2.05, 4.69) is 17.5 Å². The Morgan fingerprint density at radius 3 is 2.42 bits per heavy atom. The van der Waals surface area contributed by atoms with Crippen LogP contribution in [0.3, 0.4) is 0 Å². The Kier molecular flexibility index (Phi) is 4.52. The van der Waals surface area contributed by atoms with E-state index in [-0.39, 0.29) is 5.69 Å². The normalized spacial score (nSPS) is 15.1. The third-order valence-electron chi connectivity index (χ3n) is 4.72. The van der Waals surface area contributed by atoms with E-state index in [9.17, 15) is 4.39 Å². The maximum absolute atomic E-state index is 13.3. The SMILES string of the molecule is C=C(c1ccc(F)c(N)c1)N1CCC(c2ccc(C#N)cc2)CC1. The minimum Gasteiger partial charge on any atom is -0.396 e. The number of rotatable bonds is 3. The number of hydrogen-bond donors (Lipinski definition) is 1. The van der Waals surface area contributed by atoms with Crippen molar-refractivity contribution >= 4 is 11.4 Å². The number of piperidine rings is 1. The smallest absolute Gasteiger partial charge is 0.146 e. The first-order valence-electron chi connectivity index (χ1n) is 8.08. The van der Waals surface area contributed by atoms with Crippen molar-refractivity contribution in [2.45, 2.75) is 18.8 Å². The number of nitriles is 1. The summed E-state index contributed by atoms with van der Waals surface area (Å²) in [4.78, 5) is 2.23. The molecule has 1 saturated heterocycles. The Balaban J connectivity index is 1.64. The second kappa shape index (κ2) is 6.76. The topological polar surface area (TPSA) is 53.0 Å². The molecule has 4 heteroatoms. The Hall–Kier alpha value is -2.80. The molecule has 24 heavy (non-hydrogen) atoms. The monoisotopic (exact) mass is 321 g/mol. The van der Waals surface area contributed by atoms with Gasteiger partial charge < -0.3 is 10.6 Å². The average Bonchev–Trinajstić information content (AvgIpc) is 2.63. The van der Waals surface area contributed by atoms with Crippen molar-refractivity contribution in [2.75, 3.05) is 18.8 Å². The molecule has 2 aromatic rings. The minimum absolute atomic E-state index is 0.154. The van der Waals surface area contributed by atoms with Crippen LogP contribution in [0.25, 0.3) is 5.70 Å². The number of benzene rings is 2. The highest BCUT2D eigenvalue weighted by Gasteiger charge is 2.22. The molecule has 0 amide bonds. The van der Waals surface area contributed by atoms with Gasteiger partial charge in [0.1, 0.15) is 5.82 Å². The Morgan fingerprint density at radius 2 is 1.83 bits per heavy atom. The molecule has 1 aliphatic heterocycles. The van der Waals surface area contributed by atoms with Crippen LogP contribution >= 0.6 is 0 Å². The van der Waals surface area contributed by atoms with Gasteiger partial charge in [-0.25, -0.2) is 4.39 Å². The molecule has 0 saturated carbocycles. The number of anilines is 1. The summed E-state index contributed by atoms with van der Waals surface area (Å²) in [6.07, 6.45) is 2.06. The van der Waals surface area contributed by atoms with Crippen molar-refractivity contribution in [1.29, 1.82) is 5.26 Å². The quantitative estimate of drug-likeness (QED) is 0.865. The molecule has 1 fully saturated rings. The lowest BCUT2D eigenvalue weighted by Crippen LogP contribution is -2.31. The fourth-order valence-electron chi connectivity index (χ4n) is 3.22. The maximum atomic E-state index is 13.3. The summed E-state index contributed by atoms with van der Waals surface area (Å²) in [6, 6.07) is 14.8. The summed E-state index contributed by atoms with van der Waals surface area (Å²) in [5, 5.41) is 8.88. The number of nitrogens with zero attached hydrogens (tertiary/aromatic N) is 2. The summed E-state index contributed by atoms with van der Waals surface area (Å²) in [5.41, 5.74) is 9.54. The van der Waals surface area contributed by atoms with E-state index in [1.165, 1.54) is 11.6 Å². The molecule has 0 bridgehead atoms. The van der Waals surface area contributed by atoms with Crippen molar-refractivity contribution < 1.29 is 4.39 Å². The Morgan fingerprint density at radius 1 is 1.17 bits per heavy atom. The Labute approximate surface area is 141 Å². The van der Waals surface area contributed by atoms with Crippen LogP contribution in [0.5, 0.6) is 0 Å². The van der Waals surface area contributed by atoms with Crippen LogP contribution in [-0.4, -0.2) is 18.0 Å². The van der Waals surface area contributed by atoms with Crippen LogP contribution in [0.1, 0.15) is 35.4 Å². The van der Waals surface area contributed by atoms with Crippen molar-refractivity contribution in [3.63, 3.8) is 0 Å². The van der Waals surface area contributed by atoms with Crippen molar-refractivity contribution in [2.24, 2.45) is 0 Å². The first kappa shape index (κ1) is 16.1. The highest BCUT2D eigenvalue weighted by molar-refractivity contribution is 5.65. The van der Waals surface area contributed by atoms with E-state index in [0.29, 0.717) is 11.5 Å². The molecule has 0 radical (unpaired) electrons. The molecule has 0 spiro atoms. The summed E-state index contributed by atoms with van der Waals surface area (Å²) in [6.45, 7) is 5.96. The van der Waals surface area contributed by atoms with Crippen LogP contribution in [0.2, 0.25) is 0 Å². The predicted molar refractivity (Wildman–Crippen MR) is 94.6 cm³/mol. The standard InChI is InChI=1S/C20H20FN3/c1-14(18-6-7-19(21)20(23)12-18)24-10-8-17(9-11-24)16-4-2-15(13-22)3-5-16/h2-7,12,17H,1,8-11,23H2. The lowest BCUT2D eigenvalue weighted by Gasteiger charge is -2.35. The van der Waals surface area contributed by atoms with Crippen LogP contribution < -0.4 is 5.73 Å². The zero-order valence-corrected chi connectivity index (χ0v) is 13.5. The van der Waals surface area contributed by atoms with E-state index in [1.807, 2.05) is 24.3 Å². The molecule has 3 rings (SSSR count). The number of nitrogens with two attached hydrogens (primary N) is 1. The molecule has 3 nitrogen and oxygen atoms in total. The van der Waals surface area contributed by atoms with Gasteiger partial charge in [0.15, 0.2) is 0 Å². The zero-order chi connectivity index (χ0) is 17.1. The molecule has 2 N–H and O–H groups in total. The second-order valence-electron chi connectivity index (χ2n) is 6.18. The number of likely N-dealkylation sites (tertiary alicyclic amines) is 1. The zero-order valence-electron chi connectivity index (χ0n) is 13.5. The van der Waals surface area contributed by atoms with Crippen LogP contribution in [0.15, 0.2) is 49.0 Å². The predicted octanol–water partition coefficient (Wildman–Crippen LogP) is 4.13. The summed E-state index contributed by atoms with van der Waals surface area (Å²) >= 11 is 0. The van der Waals surface area contributed by atoms with Gasteiger partial charge in [-0.2, -0.15) is 5.26 Å². The van der Waals surface area contributed by atoms with E-state index in [0.717, 1.165) is 37.2 Å². The lowest BCUT2D eigenvalue weighted by molar-refractivity contribution is 0.299. The molecule has 0 aromatic heterocycles. The maximum Gasteiger partial charge on any atom is 0.146 e. The molecular weight excluding hydrogens is 301 g/mol. The van der Waals surface area contributed by atoms with E-state index in [1.54, 1.807) is 12.1 Å². The molecule has 2 aromatic carbocycles. The first-order chi connectivity index (χ1) is 11.6. The van der Waals surface area contributed by atoms with Gasteiger partial charge in [-0.1, -0.05) is 18.7 Å². The number of nitrogen functional groups attached to an aromatic ring is 1. The third kappa shape index (κ3) is 3.26. The Bertz CT molecular complexity index is 782. The third-order valence-corrected chi connectivity index (χ3v) is 4.72. The van der Waals surface area contributed by atoms with Crippen LogP contribution in [-0.2, 0) is 0 Å². The molecule has 0 unspecified atom stereocenters. The van der Waals surface area contributed by atoms with Crippen molar-refractivity contribution in [1.82, 2.24) is 4.90 Å². The van der Waals surface area contributed by atoms with Crippen molar-refractivity contribution in [3.05, 3.63) is 71.6 Å². The molecule has 1 heterocycles. The van der Waals surface area contributed by atoms with Gasteiger partial charge in [0.05, 0.1) is 17.3 Å². The minimum atomic E-state index is -0.397. The highest BCUT2D eigenvalue weighted by Crippen LogP contribution is 2.32. The summed E-state index contributed by atoms with van der Waals surface area (Å²) in [5.74, 6) is 0.103.